The van der Waals surface area contributed by atoms with Crippen molar-refractivity contribution in [1.29, 1.82) is 0 Å². The lowest BCUT2D eigenvalue weighted by atomic mass is 10.0. The van der Waals surface area contributed by atoms with Crippen LogP contribution in [0.25, 0.3) is 21.8 Å². The highest BCUT2D eigenvalue weighted by Crippen LogP contribution is 2.35. The zero-order chi connectivity index (χ0) is 16.1. The van der Waals surface area contributed by atoms with Gasteiger partial charge in [0.2, 0.25) is 5.95 Å². The van der Waals surface area contributed by atoms with Crippen molar-refractivity contribution in [3.05, 3.63) is 84.1 Å². The van der Waals surface area contributed by atoms with E-state index in [0.29, 0.717) is 0 Å². The van der Waals surface area contributed by atoms with Crippen LogP contribution >= 0.6 is 0 Å². The Hall–Kier alpha value is -3.07. The first-order valence-electron chi connectivity index (χ1n) is 8.21. The van der Waals surface area contributed by atoms with Gasteiger partial charge in [-0.3, -0.25) is 4.57 Å². The first-order valence-corrected chi connectivity index (χ1v) is 8.21. The van der Waals surface area contributed by atoms with Crippen molar-refractivity contribution in [3.8, 4) is 0 Å². The molecule has 0 radical (unpaired) electrons. The zero-order valence-corrected chi connectivity index (χ0v) is 13.4. The summed E-state index contributed by atoms with van der Waals surface area (Å²) in [5.74, 6) is 0.911. The lowest BCUT2D eigenvalue weighted by molar-refractivity contribution is 0.707. The third-order valence-electron chi connectivity index (χ3n) is 4.69. The van der Waals surface area contributed by atoms with Crippen molar-refractivity contribution in [2.45, 2.75) is 13.0 Å². The van der Waals surface area contributed by atoms with E-state index >= 15 is 0 Å². The molecule has 0 amide bonds. The minimum atomic E-state index is 0.161. The molecule has 0 bridgehead atoms. The van der Waals surface area contributed by atoms with Gasteiger partial charge in [0.25, 0.3) is 0 Å². The SMILES string of the molecule is CC1=C[C@H](c2ccccc2)n2c(nc3cc4ccccc4cc32)N1. The highest BCUT2D eigenvalue weighted by molar-refractivity contribution is 5.96. The molecule has 0 saturated carbocycles. The maximum Gasteiger partial charge on any atom is 0.208 e. The van der Waals surface area contributed by atoms with Crippen molar-refractivity contribution in [1.82, 2.24) is 9.55 Å². The molecule has 116 valence electrons. The van der Waals surface area contributed by atoms with Crippen LogP contribution < -0.4 is 5.32 Å². The fourth-order valence-electron chi connectivity index (χ4n) is 3.58. The molecule has 3 heteroatoms. The van der Waals surface area contributed by atoms with Gasteiger partial charge in [-0.15, -0.1) is 0 Å². The van der Waals surface area contributed by atoms with Crippen molar-refractivity contribution in [2.75, 3.05) is 5.32 Å². The Morgan fingerprint density at radius 3 is 2.42 bits per heavy atom. The number of rotatable bonds is 1. The van der Waals surface area contributed by atoms with E-state index in [1.54, 1.807) is 0 Å². The van der Waals surface area contributed by atoms with E-state index < -0.39 is 0 Å². The molecule has 0 unspecified atom stereocenters. The Bertz CT molecular complexity index is 1090. The van der Waals surface area contributed by atoms with Gasteiger partial charge in [0.05, 0.1) is 17.1 Å². The van der Waals surface area contributed by atoms with Crippen LogP contribution in [0.15, 0.2) is 78.5 Å². The Balaban J connectivity index is 1.82. The summed E-state index contributed by atoms with van der Waals surface area (Å²) >= 11 is 0. The molecule has 1 aromatic heterocycles. The number of imidazole rings is 1. The third kappa shape index (κ3) is 1.95. The van der Waals surface area contributed by atoms with Crippen LogP contribution in [0.3, 0.4) is 0 Å². The number of nitrogens with zero attached hydrogens (tertiary/aromatic N) is 2. The number of benzene rings is 3. The van der Waals surface area contributed by atoms with Gasteiger partial charge in [-0.05, 0) is 41.5 Å². The van der Waals surface area contributed by atoms with Crippen molar-refractivity contribution in [3.63, 3.8) is 0 Å². The lowest BCUT2D eigenvalue weighted by Crippen LogP contribution is -2.18. The Morgan fingerprint density at radius 1 is 0.917 bits per heavy atom. The van der Waals surface area contributed by atoms with Gasteiger partial charge < -0.3 is 5.32 Å². The lowest BCUT2D eigenvalue weighted by Gasteiger charge is -2.25. The first-order chi connectivity index (χ1) is 11.8. The van der Waals surface area contributed by atoms with E-state index in [1.807, 2.05) is 0 Å². The van der Waals surface area contributed by atoms with E-state index in [-0.39, 0.29) is 6.04 Å². The van der Waals surface area contributed by atoms with E-state index in [1.165, 1.54) is 16.3 Å². The van der Waals surface area contributed by atoms with Crippen molar-refractivity contribution in [2.24, 2.45) is 0 Å². The molecule has 1 atom stereocenters. The molecule has 3 nitrogen and oxygen atoms in total. The monoisotopic (exact) mass is 311 g/mol. The molecule has 1 N–H and O–H groups in total. The van der Waals surface area contributed by atoms with E-state index in [2.05, 4.69) is 89.6 Å². The van der Waals surface area contributed by atoms with E-state index in [4.69, 9.17) is 4.98 Å². The summed E-state index contributed by atoms with van der Waals surface area (Å²) in [6.45, 7) is 2.09. The standard InChI is InChI=1S/C21H17N3/c1-14-11-19(15-7-3-2-4-8-15)24-20-13-17-10-6-5-9-16(17)12-18(20)23-21(24)22-14/h2-13,19H,1H3,(H,22,23)/t19-/m1/s1. The van der Waals surface area contributed by atoms with Gasteiger partial charge in [0.15, 0.2) is 0 Å². The van der Waals surface area contributed by atoms with Gasteiger partial charge in [0, 0.05) is 5.70 Å². The van der Waals surface area contributed by atoms with Gasteiger partial charge in [-0.1, -0.05) is 54.6 Å². The zero-order valence-electron chi connectivity index (χ0n) is 13.4. The van der Waals surface area contributed by atoms with Crippen LogP contribution in [0.5, 0.6) is 0 Å². The maximum absolute atomic E-state index is 4.84. The Kier molecular flexibility index (Phi) is 2.77. The maximum atomic E-state index is 4.84. The summed E-state index contributed by atoms with van der Waals surface area (Å²) in [5, 5.41) is 5.88. The number of nitrogens with one attached hydrogen (secondary N) is 1. The van der Waals surface area contributed by atoms with E-state index in [9.17, 15) is 0 Å². The van der Waals surface area contributed by atoms with Gasteiger partial charge in [-0.25, -0.2) is 4.98 Å². The summed E-state index contributed by atoms with van der Waals surface area (Å²) < 4.78 is 2.30. The number of hydrogen-bond acceptors (Lipinski definition) is 2. The molecular formula is C21H17N3. The molecule has 5 rings (SSSR count). The Labute approximate surface area is 140 Å². The average Bonchev–Trinajstić information content (AvgIpc) is 2.96. The predicted molar refractivity (Wildman–Crippen MR) is 99.2 cm³/mol. The molecule has 24 heavy (non-hydrogen) atoms. The number of fused-ring (bicyclic) bond motifs is 4. The van der Waals surface area contributed by atoms with Crippen LogP contribution in [0.4, 0.5) is 5.95 Å². The predicted octanol–water partition coefficient (Wildman–Crippen LogP) is 5.11. The number of aromatic nitrogens is 2. The van der Waals surface area contributed by atoms with Gasteiger partial charge >= 0.3 is 0 Å². The van der Waals surface area contributed by atoms with E-state index in [0.717, 1.165) is 22.7 Å². The minimum absolute atomic E-state index is 0.161. The fraction of sp³-hybridized carbons (Fsp3) is 0.0952. The number of allylic oxidation sites excluding steroid dienone is 2. The number of hydrogen-bond donors (Lipinski definition) is 1. The summed E-state index contributed by atoms with van der Waals surface area (Å²) in [6.07, 6.45) is 2.26. The van der Waals surface area contributed by atoms with Crippen LogP contribution in [-0.2, 0) is 0 Å². The van der Waals surface area contributed by atoms with Crippen LogP contribution in [0.1, 0.15) is 18.5 Å². The highest BCUT2D eigenvalue weighted by Gasteiger charge is 2.23. The van der Waals surface area contributed by atoms with Crippen LogP contribution in [-0.4, -0.2) is 9.55 Å². The van der Waals surface area contributed by atoms with Crippen LogP contribution in [0.2, 0.25) is 0 Å². The largest absolute Gasteiger partial charge is 0.330 e. The molecule has 0 saturated heterocycles. The van der Waals surface area contributed by atoms with Crippen molar-refractivity contribution >= 4 is 27.8 Å². The van der Waals surface area contributed by atoms with Gasteiger partial charge in [-0.2, -0.15) is 0 Å². The third-order valence-corrected chi connectivity index (χ3v) is 4.69. The van der Waals surface area contributed by atoms with Crippen molar-refractivity contribution < 1.29 is 0 Å². The van der Waals surface area contributed by atoms with Gasteiger partial charge in [0.1, 0.15) is 0 Å². The molecule has 0 spiro atoms. The molecule has 0 aliphatic carbocycles. The minimum Gasteiger partial charge on any atom is -0.330 e. The molecule has 0 fully saturated rings. The molecular weight excluding hydrogens is 294 g/mol. The molecule has 3 aromatic carbocycles. The fourth-order valence-corrected chi connectivity index (χ4v) is 3.58. The van der Waals surface area contributed by atoms with Crippen LogP contribution in [0, 0.1) is 0 Å². The first kappa shape index (κ1) is 13.4. The highest BCUT2D eigenvalue weighted by atomic mass is 15.2. The molecule has 4 aromatic rings. The number of anilines is 1. The quantitative estimate of drug-likeness (QED) is 0.529. The summed E-state index contributed by atoms with van der Waals surface area (Å²) in [7, 11) is 0. The topological polar surface area (TPSA) is 29.9 Å². The summed E-state index contributed by atoms with van der Waals surface area (Å²) in [5.41, 5.74) is 4.59. The smallest absolute Gasteiger partial charge is 0.208 e. The summed E-state index contributed by atoms with van der Waals surface area (Å²) in [6, 6.07) is 23.6. The molecule has 1 aliphatic rings. The molecule has 2 heterocycles. The second-order valence-electron chi connectivity index (χ2n) is 6.32. The average molecular weight is 311 g/mol. The Morgan fingerprint density at radius 2 is 1.62 bits per heavy atom. The summed E-state index contributed by atoms with van der Waals surface area (Å²) in [4.78, 5) is 4.84. The molecule has 1 aliphatic heterocycles. The second-order valence-corrected chi connectivity index (χ2v) is 6.32. The normalized spacial score (nSPS) is 16.7. The second kappa shape index (κ2) is 4.96.